The Hall–Kier alpha value is -2.89. The van der Waals surface area contributed by atoms with E-state index in [0.29, 0.717) is 27.6 Å². The van der Waals surface area contributed by atoms with E-state index in [1.807, 2.05) is 32.9 Å². The van der Waals surface area contributed by atoms with E-state index in [4.69, 9.17) is 23.2 Å². The second-order valence-corrected chi connectivity index (χ2v) is 8.54. The summed E-state index contributed by atoms with van der Waals surface area (Å²) in [4.78, 5) is 4.33. The minimum absolute atomic E-state index is 0.0213. The van der Waals surface area contributed by atoms with Crippen LogP contribution in [0.25, 0.3) is 0 Å². The molecule has 7 heteroatoms. The van der Waals surface area contributed by atoms with Crippen LogP contribution in [0.2, 0.25) is 10.0 Å². The van der Waals surface area contributed by atoms with Gasteiger partial charge in [0.15, 0.2) is 5.75 Å². The van der Waals surface area contributed by atoms with Crippen molar-refractivity contribution >= 4 is 46.5 Å². The number of aromatic hydroxyl groups is 2. The monoisotopic (exact) mass is 441 g/mol. The highest BCUT2D eigenvalue weighted by molar-refractivity contribution is 6.33. The Morgan fingerprint density at radius 3 is 2.27 bits per heavy atom. The van der Waals surface area contributed by atoms with Crippen molar-refractivity contribution in [3.05, 3.63) is 75.8 Å². The molecule has 0 heterocycles. The quantitative estimate of drug-likeness (QED) is 0.319. The van der Waals surface area contributed by atoms with Crippen LogP contribution in [0.4, 0.5) is 17.1 Å². The van der Waals surface area contributed by atoms with Crippen molar-refractivity contribution in [2.24, 2.45) is 15.2 Å². The first-order valence-electron chi connectivity index (χ1n) is 9.21. The molecule has 2 N–H and O–H groups in total. The largest absolute Gasteiger partial charge is 0.507 e. The molecule has 0 aliphatic heterocycles. The topological polar surface area (TPSA) is 77.5 Å². The first kappa shape index (κ1) is 21.8. The van der Waals surface area contributed by atoms with Gasteiger partial charge in [-0.3, -0.25) is 4.99 Å². The Morgan fingerprint density at radius 2 is 1.57 bits per heavy atom. The Bertz CT molecular complexity index is 1140. The van der Waals surface area contributed by atoms with Crippen LogP contribution in [0.1, 0.15) is 31.9 Å². The van der Waals surface area contributed by atoms with Crippen LogP contribution in [-0.4, -0.2) is 16.4 Å². The molecule has 0 saturated carbocycles. The van der Waals surface area contributed by atoms with E-state index >= 15 is 0 Å². The van der Waals surface area contributed by atoms with E-state index in [-0.39, 0.29) is 21.9 Å². The zero-order valence-electron chi connectivity index (χ0n) is 16.8. The van der Waals surface area contributed by atoms with Crippen molar-refractivity contribution in [1.29, 1.82) is 0 Å². The lowest BCUT2D eigenvalue weighted by Gasteiger charge is -2.20. The highest BCUT2D eigenvalue weighted by Gasteiger charge is 2.18. The first-order valence-corrected chi connectivity index (χ1v) is 9.97. The summed E-state index contributed by atoms with van der Waals surface area (Å²) in [5.74, 6) is -0.0945. The minimum atomic E-state index is -0.164. The summed E-state index contributed by atoms with van der Waals surface area (Å²) in [5.41, 5.74) is 2.56. The van der Waals surface area contributed by atoms with Crippen molar-refractivity contribution in [2.45, 2.75) is 26.2 Å². The zero-order chi connectivity index (χ0) is 21.9. The lowest BCUT2D eigenvalue weighted by atomic mass is 9.87. The average molecular weight is 442 g/mol. The van der Waals surface area contributed by atoms with Gasteiger partial charge in [-0.2, -0.15) is 5.11 Å². The molecule has 0 saturated heterocycles. The highest BCUT2D eigenvalue weighted by atomic mass is 35.5. The van der Waals surface area contributed by atoms with Gasteiger partial charge >= 0.3 is 0 Å². The lowest BCUT2D eigenvalue weighted by molar-refractivity contribution is 0.473. The predicted octanol–water partition coefficient (Wildman–Crippen LogP) is 7.87. The molecule has 0 aromatic heterocycles. The highest BCUT2D eigenvalue weighted by Crippen LogP contribution is 2.39. The van der Waals surface area contributed by atoms with E-state index in [9.17, 15) is 10.2 Å². The number of aliphatic imine (C=N–C) groups is 1. The van der Waals surface area contributed by atoms with E-state index in [0.717, 1.165) is 5.56 Å². The van der Waals surface area contributed by atoms with Crippen LogP contribution >= 0.6 is 23.2 Å². The van der Waals surface area contributed by atoms with E-state index in [1.165, 1.54) is 12.3 Å². The van der Waals surface area contributed by atoms with Crippen molar-refractivity contribution in [3.63, 3.8) is 0 Å². The van der Waals surface area contributed by atoms with Gasteiger partial charge in [0.25, 0.3) is 0 Å². The third-order valence-electron chi connectivity index (χ3n) is 4.39. The van der Waals surface area contributed by atoms with Crippen molar-refractivity contribution in [3.8, 4) is 11.5 Å². The molecule has 0 aliphatic rings. The van der Waals surface area contributed by atoms with E-state index < -0.39 is 0 Å². The number of rotatable bonds is 4. The summed E-state index contributed by atoms with van der Waals surface area (Å²) in [6.45, 7) is 6.13. The van der Waals surface area contributed by atoms with E-state index in [1.54, 1.807) is 36.4 Å². The van der Waals surface area contributed by atoms with Gasteiger partial charge in [-0.15, -0.1) is 5.11 Å². The number of phenolic OH excluding ortho intramolecular Hbond substituents is 2. The van der Waals surface area contributed by atoms with Gasteiger partial charge in [-0.25, -0.2) is 0 Å². The molecule has 0 unspecified atom stereocenters. The molecule has 0 spiro atoms. The van der Waals surface area contributed by atoms with Crippen LogP contribution in [0.5, 0.6) is 11.5 Å². The first-order chi connectivity index (χ1) is 14.1. The SMILES string of the molecule is CC(C)(C)c1cc(Cl)c(O)c(/N=C/c2cc(/N=N/c3ccccc3Cl)ccc2O)c1. The minimum Gasteiger partial charge on any atom is -0.507 e. The average Bonchev–Trinajstić information content (AvgIpc) is 2.69. The maximum atomic E-state index is 10.3. The van der Waals surface area contributed by atoms with E-state index in [2.05, 4.69) is 15.2 Å². The summed E-state index contributed by atoms with van der Waals surface area (Å²) in [6.07, 6.45) is 1.45. The molecule has 0 fully saturated rings. The molecule has 0 amide bonds. The Labute approximate surface area is 185 Å². The summed E-state index contributed by atoms with van der Waals surface area (Å²) in [7, 11) is 0. The van der Waals surface area contributed by atoms with Gasteiger partial charge < -0.3 is 10.2 Å². The molecule has 3 rings (SSSR count). The van der Waals surface area contributed by atoms with Gasteiger partial charge in [-0.05, 0) is 53.4 Å². The van der Waals surface area contributed by atoms with Crippen molar-refractivity contribution < 1.29 is 10.2 Å². The molecule has 0 atom stereocenters. The number of hydrogen-bond acceptors (Lipinski definition) is 5. The van der Waals surface area contributed by atoms with Crippen LogP contribution in [0, 0.1) is 0 Å². The summed E-state index contributed by atoms with van der Waals surface area (Å²) in [5, 5.41) is 29.5. The van der Waals surface area contributed by atoms with Crippen molar-refractivity contribution in [2.75, 3.05) is 0 Å². The third-order valence-corrected chi connectivity index (χ3v) is 5.00. The number of nitrogens with zero attached hydrogens (tertiary/aromatic N) is 3. The Balaban J connectivity index is 1.92. The molecule has 3 aromatic rings. The van der Waals surface area contributed by atoms with Gasteiger partial charge in [0, 0.05) is 11.8 Å². The number of phenols is 2. The molecule has 5 nitrogen and oxygen atoms in total. The number of hydrogen-bond donors (Lipinski definition) is 2. The molecular formula is C23H21Cl2N3O2. The lowest BCUT2D eigenvalue weighted by Crippen LogP contribution is -2.10. The number of azo groups is 1. The van der Waals surface area contributed by atoms with Gasteiger partial charge in [0.2, 0.25) is 0 Å². The van der Waals surface area contributed by atoms with Gasteiger partial charge in [0.05, 0.1) is 15.7 Å². The summed E-state index contributed by atoms with van der Waals surface area (Å²) < 4.78 is 0. The molecule has 30 heavy (non-hydrogen) atoms. The fraction of sp³-hybridized carbons (Fsp3) is 0.174. The smallest absolute Gasteiger partial charge is 0.159 e. The third kappa shape index (κ3) is 5.17. The number of halogens is 2. The molecule has 3 aromatic carbocycles. The van der Waals surface area contributed by atoms with Crippen LogP contribution in [0.3, 0.4) is 0 Å². The fourth-order valence-electron chi connectivity index (χ4n) is 2.61. The second-order valence-electron chi connectivity index (χ2n) is 7.73. The Kier molecular flexibility index (Phi) is 6.44. The summed E-state index contributed by atoms with van der Waals surface area (Å²) in [6, 6.07) is 15.4. The van der Waals surface area contributed by atoms with Crippen molar-refractivity contribution in [1.82, 2.24) is 0 Å². The zero-order valence-corrected chi connectivity index (χ0v) is 18.3. The summed E-state index contributed by atoms with van der Waals surface area (Å²) >= 11 is 12.3. The second kappa shape index (κ2) is 8.86. The fourth-order valence-corrected chi connectivity index (χ4v) is 2.99. The Morgan fingerprint density at radius 1 is 0.833 bits per heavy atom. The predicted molar refractivity (Wildman–Crippen MR) is 123 cm³/mol. The molecular weight excluding hydrogens is 421 g/mol. The van der Waals surface area contributed by atoms with Crippen LogP contribution in [0.15, 0.2) is 69.8 Å². The maximum absolute atomic E-state index is 10.3. The normalized spacial score (nSPS) is 12.2. The molecule has 154 valence electrons. The molecule has 0 radical (unpaired) electrons. The molecule has 0 aliphatic carbocycles. The maximum Gasteiger partial charge on any atom is 0.159 e. The van der Waals surface area contributed by atoms with Crippen LogP contribution in [-0.2, 0) is 5.41 Å². The number of benzene rings is 3. The molecule has 0 bridgehead atoms. The van der Waals surface area contributed by atoms with Gasteiger partial charge in [-0.1, -0.05) is 56.1 Å². The standard InChI is InChI=1S/C23H21Cl2N3O2/c1-23(2,3)15-11-18(25)22(30)20(12-15)26-13-14-10-16(8-9-21(14)29)27-28-19-7-5-4-6-17(19)24/h4-13,29-30H,1-3H3/b26-13+,28-27+. The van der Waals surface area contributed by atoms with Crippen LogP contribution < -0.4 is 0 Å². The van der Waals surface area contributed by atoms with Gasteiger partial charge in [0.1, 0.15) is 17.1 Å².